The number of aliphatic hydroxyl groups is 2. The Labute approximate surface area is 112 Å². The third kappa shape index (κ3) is 4.22. The first-order valence-electron chi connectivity index (χ1n) is 6.15. The Morgan fingerprint density at radius 2 is 2.05 bits per heavy atom. The molecule has 0 spiro atoms. The van der Waals surface area contributed by atoms with Crippen LogP contribution in [0.1, 0.15) is 30.6 Å². The van der Waals surface area contributed by atoms with E-state index in [0.29, 0.717) is 11.3 Å². The van der Waals surface area contributed by atoms with Gasteiger partial charge in [-0.25, -0.2) is 0 Å². The van der Waals surface area contributed by atoms with Gasteiger partial charge in [-0.05, 0) is 25.5 Å². The van der Waals surface area contributed by atoms with Crippen molar-refractivity contribution >= 4 is 5.97 Å². The molecule has 0 aliphatic heterocycles. The minimum atomic E-state index is -1.23. The van der Waals surface area contributed by atoms with Gasteiger partial charge in [0.2, 0.25) is 0 Å². The van der Waals surface area contributed by atoms with E-state index in [4.69, 9.17) is 9.47 Å². The van der Waals surface area contributed by atoms with Crippen molar-refractivity contribution in [2.45, 2.75) is 32.5 Å². The van der Waals surface area contributed by atoms with E-state index < -0.39 is 18.2 Å². The maximum Gasteiger partial charge on any atom is 0.308 e. The van der Waals surface area contributed by atoms with Gasteiger partial charge in [0.25, 0.3) is 0 Å². The summed E-state index contributed by atoms with van der Waals surface area (Å²) in [5.41, 5.74) is 1.43. The average molecular weight is 268 g/mol. The van der Waals surface area contributed by atoms with Crippen molar-refractivity contribution in [2.24, 2.45) is 0 Å². The molecule has 0 bridgehead atoms. The van der Waals surface area contributed by atoms with Gasteiger partial charge < -0.3 is 19.7 Å². The Hall–Kier alpha value is -1.59. The Balaban J connectivity index is 2.81. The number of ether oxygens (including phenoxy) is 2. The maximum absolute atomic E-state index is 11.3. The third-order valence-electron chi connectivity index (χ3n) is 2.75. The van der Waals surface area contributed by atoms with Crippen LogP contribution in [0.15, 0.2) is 18.2 Å². The Morgan fingerprint density at radius 1 is 1.37 bits per heavy atom. The summed E-state index contributed by atoms with van der Waals surface area (Å²) < 4.78 is 9.90. The minimum Gasteiger partial charge on any atom is -0.496 e. The van der Waals surface area contributed by atoms with Crippen molar-refractivity contribution < 1.29 is 24.5 Å². The van der Waals surface area contributed by atoms with Gasteiger partial charge in [-0.2, -0.15) is 0 Å². The fourth-order valence-electron chi connectivity index (χ4n) is 1.77. The summed E-state index contributed by atoms with van der Waals surface area (Å²) >= 11 is 0. The van der Waals surface area contributed by atoms with Crippen LogP contribution in [0.5, 0.6) is 5.75 Å². The first-order valence-corrected chi connectivity index (χ1v) is 6.15. The first-order chi connectivity index (χ1) is 8.99. The highest BCUT2D eigenvalue weighted by Gasteiger charge is 2.24. The van der Waals surface area contributed by atoms with E-state index in [1.165, 1.54) is 7.11 Å². The predicted molar refractivity (Wildman–Crippen MR) is 69.9 cm³/mol. The van der Waals surface area contributed by atoms with E-state index in [0.717, 1.165) is 5.56 Å². The number of aryl methyl sites for hydroxylation is 1. The number of esters is 1. The van der Waals surface area contributed by atoms with Gasteiger partial charge in [-0.15, -0.1) is 0 Å². The van der Waals surface area contributed by atoms with E-state index in [9.17, 15) is 15.0 Å². The second-order valence-electron chi connectivity index (χ2n) is 4.27. The summed E-state index contributed by atoms with van der Waals surface area (Å²) in [5, 5.41) is 19.9. The molecule has 0 aliphatic rings. The highest BCUT2D eigenvalue weighted by Crippen LogP contribution is 2.29. The van der Waals surface area contributed by atoms with Crippen LogP contribution in [0, 0.1) is 6.92 Å². The summed E-state index contributed by atoms with van der Waals surface area (Å²) in [6.45, 7) is 3.83. The molecule has 2 unspecified atom stereocenters. The standard InChI is InChI=1S/C14H20O5/c1-4-19-13(16)8-11(15)14(17)10-6-5-9(2)7-12(10)18-3/h5-7,11,14-15,17H,4,8H2,1-3H3. The summed E-state index contributed by atoms with van der Waals surface area (Å²) in [6, 6.07) is 5.24. The summed E-state index contributed by atoms with van der Waals surface area (Å²) in [6.07, 6.45) is -2.68. The van der Waals surface area contributed by atoms with Crippen molar-refractivity contribution in [1.82, 2.24) is 0 Å². The SMILES string of the molecule is CCOC(=O)CC(O)C(O)c1ccc(C)cc1OC. The van der Waals surface area contributed by atoms with E-state index in [-0.39, 0.29) is 13.0 Å². The van der Waals surface area contributed by atoms with Gasteiger partial charge in [0.15, 0.2) is 0 Å². The van der Waals surface area contributed by atoms with Crippen molar-refractivity contribution in [3.05, 3.63) is 29.3 Å². The van der Waals surface area contributed by atoms with Crippen LogP contribution < -0.4 is 4.74 Å². The molecule has 5 nitrogen and oxygen atoms in total. The van der Waals surface area contributed by atoms with Crippen molar-refractivity contribution in [2.75, 3.05) is 13.7 Å². The number of carbonyl (C=O) groups excluding carboxylic acids is 1. The summed E-state index contributed by atoms with van der Waals surface area (Å²) in [4.78, 5) is 11.3. The molecular formula is C14H20O5. The zero-order valence-corrected chi connectivity index (χ0v) is 11.4. The number of carbonyl (C=O) groups is 1. The molecule has 0 amide bonds. The van der Waals surface area contributed by atoms with Gasteiger partial charge >= 0.3 is 5.97 Å². The topological polar surface area (TPSA) is 76.0 Å². The average Bonchev–Trinajstić information content (AvgIpc) is 2.37. The molecule has 0 aromatic heterocycles. The number of methoxy groups -OCH3 is 1. The van der Waals surface area contributed by atoms with Crippen LogP contribution in [0.4, 0.5) is 0 Å². The number of hydrogen-bond donors (Lipinski definition) is 2. The predicted octanol–water partition coefficient (Wildman–Crippen LogP) is 1.35. The molecule has 5 heteroatoms. The molecule has 0 radical (unpaired) electrons. The van der Waals surface area contributed by atoms with E-state index >= 15 is 0 Å². The van der Waals surface area contributed by atoms with Crippen LogP contribution in [-0.2, 0) is 9.53 Å². The molecule has 1 rings (SSSR count). The molecule has 0 aliphatic carbocycles. The Morgan fingerprint density at radius 3 is 2.63 bits per heavy atom. The summed E-state index contributed by atoms with van der Waals surface area (Å²) in [7, 11) is 1.49. The molecule has 0 fully saturated rings. The van der Waals surface area contributed by atoms with Gasteiger partial charge in [0, 0.05) is 5.56 Å². The maximum atomic E-state index is 11.3. The third-order valence-corrected chi connectivity index (χ3v) is 2.75. The fraction of sp³-hybridized carbons (Fsp3) is 0.500. The molecule has 0 heterocycles. The van der Waals surface area contributed by atoms with E-state index in [2.05, 4.69) is 0 Å². The van der Waals surface area contributed by atoms with Gasteiger partial charge in [-0.3, -0.25) is 4.79 Å². The highest BCUT2D eigenvalue weighted by atomic mass is 16.5. The molecule has 106 valence electrons. The number of rotatable bonds is 6. The van der Waals surface area contributed by atoms with Crippen molar-refractivity contribution in [3.8, 4) is 5.75 Å². The second kappa shape index (κ2) is 7.11. The molecule has 1 aromatic rings. The Bertz CT molecular complexity index is 430. The lowest BCUT2D eigenvalue weighted by molar-refractivity contribution is -0.147. The monoisotopic (exact) mass is 268 g/mol. The van der Waals surface area contributed by atoms with Gasteiger partial charge in [-0.1, -0.05) is 12.1 Å². The Kier molecular flexibility index (Phi) is 5.79. The molecular weight excluding hydrogens is 248 g/mol. The zero-order chi connectivity index (χ0) is 14.4. The number of aliphatic hydroxyl groups excluding tert-OH is 2. The normalized spacial score (nSPS) is 13.7. The number of benzene rings is 1. The number of hydrogen-bond acceptors (Lipinski definition) is 5. The molecule has 19 heavy (non-hydrogen) atoms. The van der Waals surface area contributed by atoms with Crippen LogP contribution >= 0.6 is 0 Å². The van der Waals surface area contributed by atoms with Crippen LogP contribution in [0.25, 0.3) is 0 Å². The second-order valence-corrected chi connectivity index (χ2v) is 4.27. The van der Waals surface area contributed by atoms with Gasteiger partial charge in [0.05, 0.1) is 26.2 Å². The molecule has 2 N–H and O–H groups in total. The molecule has 0 saturated carbocycles. The van der Waals surface area contributed by atoms with Crippen LogP contribution in [-0.4, -0.2) is 36.0 Å². The van der Waals surface area contributed by atoms with E-state index in [1.54, 1.807) is 25.1 Å². The summed E-state index contributed by atoms with van der Waals surface area (Å²) in [5.74, 6) is -0.0597. The fourth-order valence-corrected chi connectivity index (χ4v) is 1.77. The lowest BCUT2D eigenvalue weighted by Gasteiger charge is -2.20. The van der Waals surface area contributed by atoms with Crippen molar-refractivity contribution in [3.63, 3.8) is 0 Å². The highest BCUT2D eigenvalue weighted by molar-refractivity contribution is 5.70. The molecule has 2 atom stereocenters. The minimum absolute atomic E-state index is 0.246. The zero-order valence-electron chi connectivity index (χ0n) is 11.4. The lowest BCUT2D eigenvalue weighted by Crippen LogP contribution is -2.23. The lowest BCUT2D eigenvalue weighted by atomic mass is 10.00. The molecule has 0 saturated heterocycles. The smallest absolute Gasteiger partial charge is 0.308 e. The van der Waals surface area contributed by atoms with Crippen LogP contribution in [0.3, 0.4) is 0 Å². The van der Waals surface area contributed by atoms with E-state index in [1.807, 2.05) is 6.92 Å². The quantitative estimate of drug-likeness (QED) is 0.762. The molecule has 1 aromatic carbocycles. The van der Waals surface area contributed by atoms with Crippen LogP contribution in [0.2, 0.25) is 0 Å². The first kappa shape index (κ1) is 15.5. The van der Waals surface area contributed by atoms with Gasteiger partial charge in [0.1, 0.15) is 11.9 Å². The largest absolute Gasteiger partial charge is 0.496 e. The van der Waals surface area contributed by atoms with Crippen molar-refractivity contribution in [1.29, 1.82) is 0 Å².